The monoisotopic (exact) mass is 475 g/mol. The number of rotatable bonds is 8. The maximum atomic E-state index is 12.8. The van der Waals surface area contributed by atoms with Gasteiger partial charge in [0.2, 0.25) is 0 Å². The third kappa shape index (κ3) is 5.21. The first kappa shape index (κ1) is 23.7. The predicted octanol–water partition coefficient (Wildman–Crippen LogP) is 3.36. The number of benzene rings is 1. The van der Waals surface area contributed by atoms with E-state index in [0.717, 1.165) is 0 Å². The Hall–Kier alpha value is -4.47. The van der Waals surface area contributed by atoms with Crippen LogP contribution in [0.15, 0.2) is 65.5 Å². The minimum Gasteiger partial charge on any atom is -0.467 e. The van der Waals surface area contributed by atoms with Crippen molar-refractivity contribution in [2.75, 3.05) is 18.6 Å². The molecule has 3 aromatic heterocycles. The first-order valence-corrected chi connectivity index (χ1v) is 11.0. The third-order valence-electron chi connectivity index (χ3n) is 5.37. The lowest BCUT2D eigenvalue weighted by Crippen LogP contribution is -2.33. The number of aromatic nitrogens is 3. The molecular weight excluding hydrogens is 450 g/mol. The molecule has 2 amide bonds. The molecule has 4 rings (SSSR count). The molecule has 3 heterocycles. The zero-order valence-corrected chi connectivity index (χ0v) is 19.6. The molecule has 10 heteroatoms. The minimum atomic E-state index is -0.678. The summed E-state index contributed by atoms with van der Waals surface area (Å²) in [6.45, 7) is 3.68. The number of nitrogens with one attached hydrogen (secondary N) is 1. The van der Waals surface area contributed by atoms with Crippen LogP contribution in [-0.4, -0.2) is 46.2 Å². The van der Waals surface area contributed by atoms with Crippen LogP contribution in [0.25, 0.3) is 11.0 Å². The Labute approximate surface area is 201 Å². The molecule has 0 atom stereocenters. The van der Waals surface area contributed by atoms with Crippen molar-refractivity contribution in [1.82, 2.24) is 20.1 Å². The normalized spacial score (nSPS) is 11.0. The van der Waals surface area contributed by atoms with Crippen molar-refractivity contribution in [1.29, 1.82) is 0 Å². The summed E-state index contributed by atoms with van der Waals surface area (Å²) >= 11 is 0. The zero-order chi connectivity index (χ0) is 24.9. The molecule has 10 nitrogen and oxygen atoms in total. The number of likely N-dealkylation sites (N-methyl/N-ethyl adjacent to an activating group) is 1. The summed E-state index contributed by atoms with van der Waals surface area (Å²) in [4.78, 5) is 43.6. The van der Waals surface area contributed by atoms with Crippen LogP contribution in [0.4, 0.5) is 5.69 Å². The molecular formula is C25H25N5O5. The highest BCUT2D eigenvalue weighted by Crippen LogP contribution is 2.20. The number of ether oxygens (including phenoxy) is 1. The molecule has 35 heavy (non-hydrogen) atoms. The number of fused-ring (bicyclic) bond motifs is 1. The fourth-order valence-corrected chi connectivity index (χ4v) is 3.51. The van der Waals surface area contributed by atoms with Crippen molar-refractivity contribution in [3.63, 3.8) is 0 Å². The summed E-state index contributed by atoms with van der Waals surface area (Å²) in [6.07, 6.45) is 4.56. The maximum absolute atomic E-state index is 12.8. The van der Waals surface area contributed by atoms with Gasteiger partial charge in [-0.2, -0.15) is 5.10 Å². The van der Waals surface area contributed by atoms with E-state index >= 15 is 0 Å². The Morgan fingerprint density at radius 1 is 1.14 bits per heavy atom. The first-order valence-electron chi connectivity index (χ1n) is 11.0. The SMILES string of the molecule is CC(C)n1ncc2cc(C(=O)OCC(=O)N(C)c3ccccc3C(=O)NCc3ccco3)cnc21. The quantitative estimate of drug-likeness (QED) is 0.388. The Morgan fingerprint density at radius 2 is 1.94 bits per heavy atom. The highest BCUT2D eigenvalue weighted by molar-refractivity contribution is 6.05. The van der Waals surface area contributed by atoms with Gasteiger partial charge in [0.1, 0.15) is 5.76 Å². The van der Waals surface area contributed by atoms with Gasteiger partial charge in [-0.15, -0.1) is 0 Å². The lowest BCUT2D eigenvalue weighted by Gasteiger charge is -2.20. The molecule has 1 N–H and O–H groups in total. The molecule has 0 saturated heterocycles. The lowest BCUT2D eigenvalue weighted by molar-refractivity contribution is -0.121. The molecule has 0 saturated carbocycles. The van der Waals surface area contributed by atoms with Crippen LogP contribution in [-0.2, 0) is 16.1 Å². The van der Waals surface area contributed by atoms with E-state index in [0.29, 0.717) is 28.0 Å². The van der Waals surface area contributed by atoms with Crippen LogP contribution in [0, 0.1) is 0 Å². The number of furan rings is 1. The summed E-state index contributed by atoms with van der Waals surface area (Å²) in [5.74, 6) is -0.930. The fourth-order valence-electron chi connectivity index (χ4n) is 3.51. The van der Waals surface area contributed by atoms with Crippen molar-refractivity contribution in [3.05, 3.63) is 78.0 Å². The molecule has 0 aliphatic rings. The number of esters is 1. The van der Waals surface area contributed by atoms with Crippen molar-refractivity contribution in [3.8, 4) is 0 Å². The Kier molecular flexibility index (Phi) is 6.91. The number of hydrogen-bond acceptors (Lipinski definition) is 7. The third-order valence-corrected chi connectivity index (χ3v) is 5.37. The first-order chi connectivity index (χ1) is 16.8. The number of para-hydroxylation sites is 1. The number of carbonyl (C=O) groups excluding carboxylic acids is 3. The molecule has 0 bridgehead atoms. The summed E-state index contributed by atoms with van der Waals surface area (Å²) in [5, 5.41) is 7.74. The van der Waals surface area contributed by atoms with Crippen molar-refractivity contribution < 1.29 is 23.5 Å². The van der Waals surface area contributed by atoms with Crippen molar-refractivity contribution in [2.24, 2.45) is 0 Å². The van der Waals surface area contributed by atoms with Crippen molar-refractivity contribution in [2.45, 2.75) is 26.4 Å². The van der Waals surface area contributed by atoms with Gasteiger partial charge >= 0.3 is 5.97 Å². The van der Waals surface area contributed by atoms with E-state index in [9.17, 15) is 14.4 Å². The Morgan fingerprint density at radius 3 is 2.69 bits per heavy atom. The van der Waals surface area contributed by atoms with Gasteiger partial charge in [-0.25, -0.2) is 14.5 Å². The maximum Gasteiger partial charge on any atom is 0.340 e. The van der Waals surface area contributed by atoms with E-state index in [-0.39, 0.29) is 24.1 Å². The summed E-state index contributed by atoms with van der Waals surface area (Å²) in [5.41, 5.74) is 1.57. The zero-order valence-electron chi connectivity index (χ0n) is 19.6. The van der Waals surface area contributed by atoms with Crippen LogP contribution >= 0.6 is 0 Å². The molecule has 0 radical (unpaired) electrons. The van der Waals surface area contributed by atoms with E-state index < -0.39 is 18.5 Å². The van der Waals surface area contributed by atoms with E-state index in [1.807, 2.05) is 13.8 Å². The van der Waals surface area contributed by atoms with E-state index in [1.165, 1.54) is 24.4 Å². The van der Waals surface area contributed by atoms with Gasteiger partial charge in [0, 0.05) is 24.7 Å². The number of hydrogen-bond donors (Lipinski definition) is 1. The summed E-state index contributed by atoms with van der Waals surface area (Å²) < 4.78 is 12.2. The topological polar surface area (TPSA) is 120 Å². The van der Waals surface area contributed by atoms with E-state index in [1.54, 1.807) is 53.3 Å². The summed E-state index contributed by atoms with van der Waals surface area (Å²) in [6, 6.07) is 11.9. The average molecular weight is 476 g/mol. The highest BCUT2D eigenvalue weighted by atomic mass is 16.5. The second-order valence-electron chi connectivity index (χ2n) is 8.13. The standard InChI is InChI=1S/C25H25N5O5/c1-16(2)30-23-17(13-28-30)11-18(12-26-23)25(33)35-15-22(31)29(3)21-9-5-4-8-20(21)24(32)27-14-19-7-6-10-34-19/h4-13,16H,14-15H2,1-3H3,(H,27,32). The van der Waals surface area contributed by atoms with Crippen LogP contribution in [0.3, 0.4) is 0 Å². The van der Waals surface area contributed by atoms with Gasteiger partial charge in [0.25, 0.3) is 11.8 Å². The van der Waals surface area contributed by atoms with Gasteiger partial charge in [0.05, 0.1) is 35.8 Å². The van der Waals surface area contributed by atoms with Gasteiger partial charge in [-0.05, 0) is 44.2 Å². The number of carbonyl (C=O) groups is 3. The smallest absolute Gasteiger partial charge is 0.340 e. The lowest BCUT2D eigenvalue weighted by atomic mass is 10.1. The number of nitrogens with zero attached hydrogens (tertiary/aromatic N) is 4. The molecule has 0 spiro atoms. The second kappa shape index (κ2) is 10.2. The van der Waals surface area contributed by atoms with Gasteiger partial charge in [0.15, 0.2) is 12.3 Å². The minimum absolute atomic E-state index is 0.126. The largest absolute Gasteiger partial charge is 0.467 e. The highest BCUT2D eigenvalue weighted by Gasteiger charge is 2.20. The van der Waals surface area contributed by atoms with E-state index in [2.05, 4.69) is 15.4 Å². The van der Waals surface area contributed by atoms with Crippen LogP contribution < -0.4 is 10.2 Å². The van der Waals surface area contributed by atoms with E-state index in [4.69, 9.17) is 9.15 Å². The molecule has 0 unspecified atom stereocenters. The Balaban J connectivity index is 1.40. The number of anilines is 1. The van der Waals surface area contributed by atoms with Crippen LogP contribution in [0.2, 0.25) is 0 Å². The number of pyridine rings is 1. The van der Waals surface area contributed by atoms with Gasteiger partial charge in [-0.1, -0.05) is 12.1 Å². The number of amides is 2. The average Bonchev–Trinajstić information content (AvgIpc) is 3.54. The van der Waals surface area contributed by atoms with Gasteiger partial charge in [-0.3, -0.25) is 9.59 Å². The molecule has 1 aromatic carbocycles. The molecule has 0 aliphatic heterocycles. The molecule has 0 aliphatic carbocycles. The fraction of sp³-hybridized carbons (Fsp3) is 0.240. The molecule has 4 aromatic rings. The second-order valence-corrected chi connectivity index (χ2v) is 8.13. The van der Waals surface area contributed by atoms with Crippen LogP contribution in [0.5, 0.6) is 0 Å². The Bertz CT molecular complexity index is 1360. The van der Waals surface area contributed by atoms with Crippen LogP contribution in [0.1, 0.15) is 46.4 Å². The molecule has 180 valence electrons. The summed E-state index contributed by atoms with van der Waals surface area (Å²) in [7, 11) is 1.52. The molecule has 0 fully saturated rings. The van der Waals surface area contributed by atoms with Crippen molar-refractivity contribution >= 4 is 34.5 Å². The van der Waals surface area contributed by atoms with Gasteiger partial charge < -0.3 is 19.4 Å². The predicted molar refractivity (Wildman–Crippen MR) is 128 cm³/mol.